The van der Waals surface area contributed by atoms with E-state index in [0.29, 0.717) is 12.1 Å². The Bertz CT molecular complexity index is 620. The Labute approximate surface area is 123 Å². The highest BCUT2D eigenvalue weighted by molar-refractivity contribution is 8.00. The maximum atomic E-state index is 12.3. The summed E-state index contributed by atoms with van der Waals surface area (Å²) in [6.07, 6.45) is -5.27. The number of benzene rings is 1. The predicted molar refractivity (Wildman–Crippen MR) is 61.1 cm³/mol. The molecular weight excluding hydrogens is 340 g/mol. The van der Waals surface area contributed by atoms with E-state index in [9.17, 15) is 31.1 Å². The zero-order chi connectivity index (χ0) is 17.1. The van der Waals surface area contributed by atoms with Gasteiger partial charge in [-0.05, 0) is 23.9 Å². The Hall–Kier alpha value is -2.09. The van der Waals surface area contributed by atoms with Gasteiger partial charge in [0.05, 0.1) is 12.7 Å². The monoisotopic (exact) mass is 345 g/mol. The Balaban J connectivity index is 3.49. The topological polar surface area (TPSA) is 59.3 Å². The van der Waals surface area contributed by atoms with Crippen LogP contribution in [0.15, 0.2) is 17.0 Å². The number of alkyl halides is 6. The molecule has 22 heavy (non-hydrogen) atoms. The molecule has 11 heteroatoms. The third-order valence-electron chi connectivity index (χ3n) is 2.04. The standard InChI is InChI=1S/C11H5F6NO3S/c1-20-9(19)8-5(4-18)2-6(22-11(15,16)17)3-7(8)21-10(12,13)14/h2-3H,1H3. The molecule has 0 saturated carbocycles. The van der Waals surface area contributed by atoms with Gasteiger partial charge in [-0.1, -0.05) is 0 Å². The van der Waals surface area contributed by atoms with Crippen LogP contribution in [0.3, 0.4) is 0 Å². The second-order valence-electron chi connectivity index (χ2n) is 3.54. The Morgan fingerprint density at radius 1 is 1.23 bits per heavy atom. The summed E-state index contributed by atoms with van der Waals surface area (Å²) in [6, 6.07) is 2.31. The largest absolute Gasteiger partial charge is 0.573 e. The molecular formula is C11H5F6NO3S. The molecule has 1 aromatic rings. The highest BCUT2D eigenvalue weighted by Crippen LogP contribution is 2.41. The van der Waals surface area contributed by atoms with Crippen molar-refractivity contribution in [1.29, 1.82) is 5.26 Å². The number of halogens is 6. The van der Waals surface area contributed by atoms with Gasteiger partial charge < -0.3 is 9.47 Å². The predicted octanol–water partition coefficient (Wildman–Crippen LogP) is 3.86. The SMILES string of the molecule is COC(=O)c1c(C#N)cc(SC(F)(F)F)cc1OC(F)(F)F. The van der Waals surface area contributed by atoms with Gasteiger partial charge >= 0.3 is 17.8 Å². The number of esters is 1. The van der Waals surface area contributed by atoms with Crippen LogP contribution in [0.4, 0.5) is 26.3 Å². The number of nitrogens with zero attached hydrogens (tertiary/aromatic N) is 1. The second kappa shape index (κ2) is 6.35. The Morgan fingerprint density at radius 3 is 2.23 bits per heavy atom. The average Bonchev–Trinajstić information content (AvgIpc) is 2.33. The van der Waals surface area contributed by atoms with E-state index in [1.807, 2.05) is 0 Å². The summed E-state index contributed by atoms with van der Waals surface area (Å²) in [7, 11) is 0.833. The summed E-state index contributed by atoms with van der Waals surface area (Å²) in [4.78, 5) is 10.7. The van der Waals surface area contributed by atoms with Gasteiger partial charge in [-0.2, -0.15) is 18.4 Å². The summed E-state index contributed by atoms with van der Waals surface area (Å²) in [5, 5.41) is 8.82. The van der Waals surface area contributed by atoms with Gasteiger partial charge in [-0.25, -0.2) is 4.79 Å². The van der Waals surface area contributed by atoms with E-state index < -0.39 is 51.4 Å². The molecule has 0 spiro atoms. The molecule has 1 rings (SSSR count). The molecule has 120 valence electrons. The van der Waals surface area contributed by atoms with Crippen LogP contribution in [0.1, 0.15) is 15.9 Å². The number of nitriles is 1. The summed E-state index contributed by atoms with van der Waals surface area (Å²) in [6.45, 7) is 0. The lowest BCUT2D eigenvalue weighted by Gasteiger charge is -2.15. The first-order chi connectivity index (χ1) is 9.96. The molecule has 0 amide bonds. The minimum Gasteiger partial charge on any atom is -0.465 e. The molecule has 0 radical (unpaired) electrons. The smallest absolute Gasteiger partial charge is 0.465 e. The fourth-order valence-corrected chi connectivity index (χ4v) is 2.00. The van der Waals surface area contributed by atoms with E-state index >= 15 is 0 Å². The number of methoxy groups -OCH3 is 1. The molecule has 0 aliphatic carbocycles. The average molecular weight is 345 g/mol. The van der Waals surface area contributed by atoms with E-state index in [-0.39, 0.29) is 0 Å². The van der Waals surface area contributed by atoms with Gasteiger partial charge in [0.1, 0.15) is 17.4 Å². The highest BCUT2D eigenvalue weighted by atomic mass is 32.2. The van der Waals surface area contributed by atoms with Crippen molar-refractivity contribution in [2.75, 3.05) is 7.11 Å². The lowest BCUT2D eigenvalue weighted by Crippen LogP contribution is -2.20. The van der Waals surface area contributed by atoms with Crippen LogP contribution in [0.2, 0.25) is 0 Å². The van der Waals surface area contributed by atoms with Crippen LogP contribution in [0.25, 0.3) is 0 Å². The van der Waals surface area contributed by atoms with E-state index in [4.69, 9.17) is 5.26 Å². The third-order valence-corrected chi connectivity index (χ3v) is 2.75. The number of carbonyl (C=O) groups is 1. The molecule has 0 saturated heterocycles. The summed E-state index contributed by atoms with van der Waals surface area (Å²) < 4.78 is 81.5. The van der Waals surface area contributed by atoms with Crippen molar-refractivity contribution in [3.05, 3.63) is 23.3 Å². The van der Waals surface area contributed by atoms with Crippen molar-refractivity contribution < 1.29 is 40.6 Å². The molecule has 0 fully saturated rings. The Morgan fingerprint density at radius 2 is 1.82 bits per heavy atom. The number of rotatable bonds is 3. The van der Waals surface area contributed by atoms with Crippen LogP contribution in [0, 0.1) is 11.3 Å². The molecule has 1 aromatic carbocycles. The number of hydrogen-bond donors (Lipinski definition) is 0. The highest BCUT2D eigenvalue weighted by Gasteiger charge is 2.36. The third kappa shape index (κ3) is 5.03. The lowest BCUT2D eigenvalue weighted by atomic mass is 10.1. The van der Waals surface area contributed by atoms with Crippen molar-refractivity contribution in [1.82, 2.24) is 0 Å². The van der Waals surface area contributed by atoms with Gasteiger partial charge in [-0.15, -0.1) is 13.2 Å². The number of carbonyl (C=O) groups excluding carboxylic acids is 1. The summed E-state index contributed by atoms with van der Waals surface area (Å²) in [5.41, 5.74) is -6.44. The van der Waals surface area contributed by atoms with E-state index in [0.717, 1.165) is 7.11 Å². The summed E-state index contributed by atoms with van der Waals surface area (Å²) in [5.74, 6) is -2.59. The first-order valence-electron chi connectivity index (χ1n) is 5.15. The van der Waals surface area contributed by atoms with Gasteiger partial charge in [0, 0.05) is 4.90 Å². The maximum Gasteiger partial charge on any atom is 0.573 e. The molecule has 0 heterocycles. The quantitative estimate of drug-likeness (QED) is 0.473. The zero-order valence-electron chi connectivity index (χ0n) is 10.5. The molecule has 0 aliphatic rings. The minimum atomic E-state index is -5.27. The van der Waals surface area contributed by atoms with E-state index in [2.05, 4.69) is 9.47 Å². The molecule has 0 atom stereocenters. The van der Waals surface area contributed by atoms with Crippen molar-refractivity contribution in [3.8, 4) is 11.8 Å². The normalized spacial score (nSPS) is 11.7. The van der Waals surface area contributed by atoms with Gasteiger partial charge in [0.2, 0.25) is 0 Å². The van der Waals surface area contributed by atoms with Crippen molar-refractivity contribution in [2.45, 2.75) is 16.8 Å². The van der Waals surface area contributed by atoms with Crippen molar-refractivity contribution in [2.24, 2.45) is 0 Å². The van der Waals surface area contributed by atoms with Crippen LogP contribution >= 0.6 is 11.8 Å². The number of thioether (sulfide) groups is 1. The van der Waals surface area contributed by atoms with Crippen LogP contribution < -0.4 is 4.74 Å². The number of hydrogen-bond acceptors (Lipinski definition) is 5. The molecule has 0 aliphatic heterocycles. The summed E-state index contributed by atoms with van der Waals surface area (Å²) >= 11 is -0.752. The first-order valence-corrected chi connectivity index (χ1v) is 5.96. The van der Waals surface area contributed by atoms with Gasteiger partial charge in [-0.3, -0.25) is 0 Å². The fraction of sp³-hybridized carbons (Fsp3) is 0.273. The zero-order valence-corrected chi connectivity index (χ0v) is 11.3. The molecule has 0 bridgehead atoms. The molecule has 0 aromatic heterocycles. The maximum absolute atomic E-state index is 12.3. The van der Waals surface area contributed by atoms with E-state index in [1.165, 1.54) is 6.07 Å². The Kier molecular flexibility index (Phi) is 5.18. The van der Waals surface area contributed by atoms with Gasteiger partial charge in [0.15, 0.2) is 0 Å². The number of ether oxygens (including phenoxy) is 2. The van der Waals surface area contributed by atoms with Crippen LogP contribution in [0.5, 0.6) is 5.75 Å². The van der Waals surface area contributed by atoms with Crippen LogP contribution in [-0.4, -0.2) is 24.9 Å². The fourth-order valence-electron chi connectivity index (χ4n) is 1.39. The lowest BCUT2D eigenvalue weighted by molar-refractivity contribution is -0.274. The van der Waals surface area contributed by atoms with Crippen LogP contribution in [-0.2, 0) is 4.74 Å². The van der Waals surface area contributed by atoms with Crippen molar-refractivity contribution in [3.63, 3.8) is 0 Å². The molecule has 0 unspecified atom stereocenters. The minimum absolute atomic E-state index is 0.360. The van der Waals surface area contributed by atoms with E-state index in [1.54, 1.807) is 0 Å². The molecule has 0 N–H and O–H groups in total. The first kappa shape index (κ1) is 18.0. The second-order valence-corrected chi connectivity index (χ2v) is 4.68. The molecule has 4 nitrogen and oxygen atoms in total. The van der Waals surface area contributed by atoms with Crippen molar-refractivity contribution >= 4 is 17.7 Å². The van der Waals surface area contributed by atoms with Gasteiger partial charge in [0.25, 0.3) is 0 Å².